The number of amides is 6. The van der Waals surface area contributed by atoms with Crippen LogP contribution in [-0.2, 0) is 33.6 Å². The third kappa shape index (κ3) is 14.5. The van der Waals surface area contributed by atoms with Crippen LogP contribution < -0.4 is 50.4 Å². The molecule has 0 radical (unpaired) electrons. The minimum Gasteiger partial charge on any atom is -0.480 e. The van der Waals surface area contributed by atoms with E-state index < -0.39 is 78.4 Å². The van der Waals surface area contributed by atoms with Gasteiger partial charge in [-0.25, -0.2) is 4.79 Å². The van der Waals surface area contributed by atoms with Gasteiger partial charge in [0.05, 0.1) is 18.9 Å². The molecule has 18 nitrogen and oxygen atoms in total. The van der Waals surface area contributed by atoms with Crippen LogP contribution in [0.5, 0.6) is 0 Å². The first-order valence-electron chi connectivity index (χ1n) is 10.9. The fourth-order valence-corrected chi connectivity index (χ4v) is 2.86. The number of aliphatic carboxylic acids is 1. The minimum atomic E-state index is -1.64. The van der Waals surface area contributed by atoms with Gasteiger partial charge in [0.2, 0.25) is 35.4 Å². The molecule has 6 amide bonds. The molecule has 0 aliphatic rings. The average Bonchev–Trinajstić information content (AvgIpc) is 2.76. The highest BCUT2D eigenvalue weighted by atomic mass is 16.4. The summed E-state index contributed by atoms with van der Waals surface area (Å²) >= 11 is 0. The summed E-state index contributed by atoms with van der Waals surface area (Å²) in [6, 6.07) is -5.92. The molecule has 0 aromatic heterocycles. The van der Waals surface area contributed by atoms with Gasteiger partial charge in [-0.2, -0.15) is 0 Å². The maximum atomic E-state index is 12.9. The lowest BCUT2D eigenvalue weighted by atomic mass is 10.1. The number of nitrogens with one attached hydrogen (secondary N) is 3. The second kappa shape index (κ2) is 16.2. The molecular formula is C19H34N10O8. The zero-order valence-electron chi connectivity index (χ0n) is 20.0. The number of nitrogens with zero attached hydrogens (tertiary/aromatic N) is 1. The van der Waals surface area contributed by atoms with Crippen molar-refractivity contribution < 1.29 is 38.7 Å². The number of carboxylic acids is 1. The molecule has 0 spiro atoms. The Kier molecular flexibility index (Phi) is 14.3. The van der Waals surface area contributed by atoms with Crippen molar-refractivity contribution in [2.24, 2.45) is 39.4 Å². The first-order chi connectivity index (χ1) is 17.1. The Morgan fingerprint density at radius 1 is 0.676 bits per heavy atom. The van der Waals surface area contributed by atoms with E-state index in [1.54, 1.807) is 0 Å². The number of aliphatic imine (C=N–C) groups is 1. The highest BCUT2D eigenvalue weighted by molar-refractivity contribution is 5.96. The van der Waals surface area contributed by atoms with E-state index in [1.165, 1.54) is 0 Å². The summed E-state index contributed by atoms with van der Waals surface area (Å²) in [4.78, 5) is 86.6. The van der Waals surface area contributed by atoms with E-state index in [4.69, 9.17) is 34.4 Å². The molecule has 0 fully saturated rings. The summed E-state index contributed by atoms with van der Waals surface area (Å²) in [6.07, 6.45) is -1.85. The molecule has 0 aliphatic carbocycles. The van der Waals surface area contributed by atoms with Gasteiger partial charge in [0.1, 0.15) is 18.1 Å². The van der Waals surface area contributed by atoms with E-state index in [9.17, 15) is 38.7 Å². The smallest absolute Gasteiger partial charge is 0.326 e. The lowest BCUT2D eigenvalue weighted by Crippen LogP contribution is -2.58. The zero-order chi connectivity index (χ0) is 28.7. The van der Waals surface area contributed by atoms with E-state index in [-0.39, 0.29) is 38.2 Å². The fraction of sp³-hybridized carbons (Fsp3) is 0.579. The van der Waals surface area contributed by atoms with Crippen LogP contribution in [0, 0.1) is 0 Å². The molecule has 0 heterocycles. The first kappa shape index (κ1) is 32.5. The Morgan fingerprint density at radius 2 is 1.19 bits per heavy atom. The number of hydrogen-bond acceptors (Lipinski definition) is 9. The van der Waals surface area contributed by atoms with Crippen molar-refractivity contribution in [2.45, 2.75) is 62.7 Å². The SMILES string of the molecule is NC(=O)CCC(NC(=O)C(CC(N)=O)NC(=O)C(CCCN=C(N)N)NC(=O)C(N)CC(N)=O)C(=O)O. The van der Waals surface area contributed by atoms with Crippen molar-refractivity contribution >= 4 is 47.4 Å². The maximum Gasteiger partial charge on any atom is 0.326 e. The van der Waals surface area contributed by atoms with Gasteiger partial charge in [-0.3, -0.25) is 33.8 Å². The second-order valence-corrected chi connectivity index (χ2v) is 7.92. The van der Waals surface area contributed by atoms with Crippen molar-refractivity contribution in [3.05, 3.63) is 0 Å². The molecule has 16 N–H and O–H groups in total. The van der Waals surface area contributed by atoms with Gasteiger partial charge in [0, 0.05) is 13.0 Å². The van der Waals surface area contributed by atoms with Gasteiger partial charge in [-0.15, -0.1) is 0 Å². The van der Waals surface area contributed by atoms with Gasteiger partial charge in [0.25, 0.3) is 0 Å². The van der Waals surface area contributed by atoms with E-state index in [0.29, 0.717) is 0 Å². The van der Waals surface area contributed by atoms with Crippen LogP contribution in [0.1, 0.15) is 38.5 Å². The Hall–Kier alpha value is -4.48. The number of hydrogen-bond donors (Lipinski definition) is 10. The largest absolute Gasteiger partial charge is 0.480 e. The first-order valence-corrected chi connectivity index (χ1v) is 10.9. The molecule has 0 saturated carbocycles. The van der Waals surface area contributed by atoms with Crippen LogP contribution in [0.2, 0.25) is 0 Å². The molecule has 4 atom stereocenters. The van der Waals surface area contributed by atoms with Gasteiger partial charge in [-0.05, 0) is 19.3 Å². The Labute approximate surface area is 211 Å². The molecule has 208 valence electrons. The van der Waals surface area contributed by atoms with E-state index in [2.05, 4.69) is 20.9 Å². The quantitative estimate of drug-likeness (QED) is 0.0451. The molecule has 0 bridgehead atoms. The average molecular weight is 531 g/mol. The monoisotopic (exact) mass is 530 g/mol. The molecule has 37 heavy (non-hydrogen) atoms. The molecule has 0 aromatic rings. The Balaban J connectivity index is 5.66. The van der Waals surface area contributed by atoms with Gasteiger partial charge in [0.15, 0.2) is 5.96 Å². The van der Waals surface area contributed by atoms with Crippen LogP contribution in [0.3, 0.4) is 0 Å². The summed E-state index contributed by atoms with van der Waals surface area (Å²) in [7, 11) is 0. The van der Waals surface area contributed by atoms with Crippen LogP contribution >= 0.6 is 0 Å². The second-order valence-electron chi connectivity index (χ2n) is 7.92. The zero-order valence-corrected chi connectivity index (χ0v) is 20.0. The third-order valence-corrected chi connectivity index (χ3v) is 4.67. The van der Waals surface area contributed by atoms with Gasteiger partial charge >= 0.3 is 5.97 Å². The Bertz CT molecular complexity index is 905. The summed E-state index contributed by atoms with van der Waals surface area (Å²) in [5.41, 5.74) is 31.2. The number of rotatable bonds is 18. The van der Waals surface area contributed by atoms with Crippen molar-refractivity contribution in [3.63, 3.8) is 0 Å². The highest BCUT2D eigenvalue weighted by Crippen LogP contribution is 2.04. The number of carboxylic acid groups (broad SMARTS) is 1. The van der Waals surface area contributed by atoms with Crippen molar-refractivity contribution in [2.75, 3.05) is 6.54 Å². The molecule has 4 unspecified atom stereocenters. The van der Waals surface area contributed by atoms with E-state index in [0.717, 1.165) is 0 Å². The normalized spacial score (nSPS) is 13.6. The summed E-state index contributed by atoms with van der Waals surface area (Å²) in [5.74, 6) is -7.36. The molecular weight excluding hydrogens is 496 g/mol. The number of primary amides is 3. The third-order valence-electron chi connectivity index (χ3n) is 4.67. The minimum absolute atomic E-state index is 0.0701. The topological polar surface area (TPSA) is 344 Å². The lowest BCUT2D eigenvalue weighted by molar-refractivity contribution is -0.142. The van der Waals surface area contributed by atoms with Gasteiger partial charge in [-0.1, -0.05) is 0 Å². The summed E-state index contributed by atoms with van der Waals surface area (Å²) in [5, 5.41) is 15.9. The number of carbonyl (C=O) groups excluding carboxylic acids is 6. The number of guanidine groups is 1. The van der Waals surface area contributed by atoms with Crippen LogP contribution in [0.4, 0.5) is 0 Å². The summed E-state index contributed by atoms with van der Waals surface area (Å²) in [6.45, 7) is 0.0701. The van der Waals surface area contributed by atoms with E-state index >= 15 is 0 Å². The van der Waals surface area contributed by atoms with Crippen molar-refractivity contribution in [3.8, 4) is 0 Å². The molecule has 0 rings (SSSR count). The maximum absolute atomic E-state index is 12.9. The van der Waals surface area contributed by atoms with Crippen LogP contribution in [-0.4, -0.2) is 83.2 Å². The van der Waals surface area contributed by atoms with E-state index in [1.807, 2.05) is 0 Å². The predicted molar refractivity (Wildman–Crippen MR) is 127 cm³/mol. The Morgan fingerprint density at radius 3 is 1.68 bits per heavy atom. The van der Waals surface area contributed by atoms with Crippen molar-refractivity contribution in [1.29, 1.82) is 0 Å². The lowest BCUT2D eigenvalue weighted by Gasteiger charge is -2.24. The van der Waals surface area contributed by atoms with Crippen LogP contribution in [0.15, 0.2) is 4.99 Å². The number of nitrogens with two attached hydrogens (primary N) is 6. The predicted octanol–water partition coefficient (Wildman–Crippen LogP) is -6.08. The van der Waals surface area contributed by atoms with Crippen LogP contribution in [0.25, 0.3) is 0 Å². The molecule has 0 aromatic carbocycles. The number of carbonyl (C=O) groups is 7. The molecule has 0 aliphatic heterocycles. The highest BCUT2D eigenvalue weighted by Gasteiger charge is 2.31. The molecule has 0 saturated heterocycles. The molecule has 18 heteroatoms. The fourth-order valence-electron chi connectivity index (χ4n) is 2.86. The van der Waals surface area contributed by atoms with Crippen molar-refractivity contribution in [1.82, 2.24) is 16.0 Å². The summed E-state index contributed by atoms with van der Waals surface area (Å²) < 4.78 is 0. The van der Waals surface area contributed by atoms with Gasteiger partial charge < -0.3 is 55.5 Å². The standard InChI is InChI=1S/C19H34N10O8/c20-8(6-13(22)31)15(33)27-9(2-1-5-26-19(24)25)16(34)29-11(7-14(23)32)17(35)28-10(18(36)37)3-4-12(21)30/h8-11H,1-7,20H2,(H2,21,30)(H2,22,31)(H2,23,32)(H,27,33)(H,28,35)(H,29,34)(H,36,37)(H4,24,25,26).